The summed E-state index contributed by atoms with van der Waals surface area (Å²) in [6, 6.07) is 6.30. The van der Waals surface area contributed by atoms with Crippen LogP contribution in [0.4, 0.5) is 10.8 Å². The number of carbonyl (C=O) groups excluding carboxylic acids is 2. The minimum Gasteiger partial charge on any atom is -0.309 e. The highest BCUT2D eigenvalue weighted by molar-refractivity contribution is 7.14. The fourth-order valence-electron chi connectivity index (χ4n) is 3.09. The second-order valence-corrected chi connectivity index (χ2v) is 8.61. The van der Waals surface area contributed by atoms with E-state index in [0.717, 1.165) is 23.4 Å². The van der Waals surface area contributed by atoms with Gasteiger partial charge in [0.1, 0.15) is 0 Å². The Hall–Kier alpha value is -2.21. The van der Waals surface area contributed by atoms with Crippen LogP contribution in [0.1, 0.15) is 46.6 Å². The Labute approximate surface area is 158 Å². The number of aromatic nitrogens is 1. The SMILES string of the molecule is CCC(=O)N1c2ccc(-c3csc(NC(=O)C(C)(C)C)n3)cc2C[C@@H]1C. The third-order valence-corrected chi connectivity index (χ3v) is 5.33. The number of fused-ring (bicyclic) bond motifs is 1. The number of carbonyl (C=O) groups is 2. The average molecular weight is 372 g/mol. The smallest absolute Gasteiger partial charge is 0.231 e. The predicted molar refractivity (Wildman–Crippen MR) is 107 cm³/mol. The molecule has 1 N–H and O–H groups in total. The van der Waals surface area contributed by atoms with Crippen molar-refractivity contribution in [3.63, 3.8) is 0 Å². The van der Waals surface area contributed by atoms with E-state index in [-0.39, 0.29) is 17.9 Å². The van der Waals surface area contributed by atoms with Crippen LogP contribution in [0.15, 0.2) is 23.6 Å². The normalized spacial score (nSPS) is 16.5. The van der Waals surface area contributed by atoms with Crippen molar-refractivity contribution < 1.29 is 9.59 Å². The van der Waals surface area contributed by atoms with Gasteiger partial charge in [0.05, 0.1) is 5.69 Å². The monoisotopic (exact) mass is 371 g/mol. The molecule has 0 saturated heterocycles. The molecule has 1 atom stereocenters. The van der Waals surface area contributed by atoms with Crippen LogP contribution in [0, 0.1) is 5.41 Å². The average Bonchev–Trinajstić information content (AvgIpc) is 3.16. The zero-order valence-electron chi connectivity index (χ0n) is 15.9. The molecule has 0 unspecified atom stereocenters. The summed E-state index contributed by atoms with van der Waals surface area (Å²) in [7, 11) is 0. The lowest BCUT2D eigenvalue weighted by atomic mass is 9.96. The molecule has 2 heterocycles. The Bertz CT molecular complexity index is 851. The van der Waals surface area contributed by atoms with Crippen LogP contribution in [0.25, 0.3) is 11.3 Å². The Morgan fingerprint density at radius 1 is 1.35 bits per heavy atom. The van der Waals surface area contributed by atoms with E-state index in [4.69, 9.17) is 0 Å². The molecule has 0 aliphatic carbocycles. The highest BCUT2D eigenvalue weighted by Crippen LogP contribution is 2.36. The van der Waals surface area contributed by atoms with Gasteiger partial charge < -0.3 is 10.2 Å². The summed E-state index contributed by atoms with van der Waals surface area (Å²) in [5, 5.41) is 5.44. The van der Waals surface area contributed by atoms with E-state index < -0.39 is 5.41 Å². The summed E-state index contributed by atoms with van der Waals surface area (Å²) in [6.07, 6.45) is 1.36. The molecule has 0 bridgehead atoms. The second kappa shape index (κ2) is 6.83. The van der Waals surface area contributed by atoms with Gasteiger partial charge in [-0.3, -0.25) is 9.59 Å². The van der Waals surface area contributed by atoms with Crippen LogP contribution in [-0.2, 0) is 16.0 Å². The summed E-state index contributed by atoms with van der Waals surface area (Å²) in [5.41, 5.74) is 3.57. The van der Waals surface area contributed by atoms with E-state index >= 15 is 0 Å². The maximum Gasteiger partial charge on any atom is 0.231 e. The summed E-state index contributed by atoms with van der Waals surface area (Å²) in [6.45, 7) is 9.60. The number of nitrogens with zero attached hydrogens (tertiary/aromatic N) is 2. The molecule has 0 spiro atoms. The summed E-state index contributed by atoms with van der Waals surface area (Å²) in [4.78, 5) is 30.8. The number of thiazole rings is 1. The Kier molecular flexibility index (Phi) is 4.88. The van der Waals surface area contributed by atoms with Crippen molar-refractivity contribution in [3.8, 4) is 11.3 Å². The summed E-state index contributed by atoms with van der Waals surface area (Å²) >= 11 is 1.42. The first-order valence-electron chi connectivity index (χ1n) is 8.93. The van der Waals surface area contributed by atoms with Crippen molar-refractivity contribution in [1.29, 1.82) is 0 Å². The highest BCUT2D eigenvalue weighted by atomic mass is 32.1. The zero-order chi connectivity index (χ0) is 19.1. The minimum absolute atomic E-state index is 0.0464. The first kappa shape index (κ1) is 18.6. The van der Waals surface area contributed by atoms with Gasteiger partial charge in [-0.1, -0.05) is 33.8 Å². The molecule has 2 aromatic rings. The number of benzene rings is 1. The standard InChI is InChI=1S/C20H25N3O2S/c1-6-17(24)23-12(2)9-14-10-13(7-8-16(14)23)15-11-26-19(21-15)22-18(25)20(3,4)5/h7-8,10-12H,6,9H2,1-5H3,(H,21,22,25)/t12-/m0/s1. The maximum absolute atomic E-state index is 12.2. The molecule has 26 heavy (non-hydrogen) atoms. The molecule has 1 aromatic heterocycles. The van der Waals surface area contributed by atoms with Crippen LogP contribution in [0.2, 0.25) is 0 Å². The van der Waals surface area contributed by atoms with E-state index in [1.807, 2.05) is 50.1 Å². The molecule has 0 saturated carbocycles. The Balaban J connectivity index is 1.84. The highest BCUT2D eigenvalue weighted by Gasteiger charge is 2.30. The topological polar surface area (TPSA) is 62.3 Å². The number of anilines is 2. The predicted octanol–water partition coefficient (Wildman–Crippen LogP) is 4.48. The largest absolute Gasteiger partial charge is 0.309 e. The molecule has 1 aliphatic heterocycles. The van der Waals surface area contributed by atoms with Crippen molar-refractivity contribution in [2.45, 2.75) is 53.5 Å². The van der Waals surface area contributed by atoms with Gasteiger partial charge in [0, 0.05) is 34.5 Å². The van der Waals surface area contributed by atoms with Crippen molar-refractivity contribution >= 4 is 34.0 Å². The molecular formula is C20H25N3O2S. The van der Waals surface area contributed by atoms with Gasteiger partial charge in [0.2, 0.25) is 11.8 Å². The summed E-state index contributed by atoms with van der Waals surface area (Å²) < 4.78 is 0. The number of hydrogen-bond acceptors (Lipinski definition) is 4. The second-order valence-electron chi connectivity index (χ2n) is 7.76. The molecule has 2 amide bonds. The number of nitrogens with one attached hydrogen (secondary N) is 1. The third-order valence-electron chi connectivity index (χ3n) is 4.57. The van der Waals surface area contributed by atoms with Gasteiger partial charge in [-0.15, -0.1) is 11.3 Å². The lowest BCUT2D eigenvalue weighted by molar-refractivity contribution is -0.123. The zero-order valence-corrected chi connectivity index (χ0v) is 16.7. The molecular weight excluding hydrogens is 346 g/mol. The summed E-state index contributed by atoms with van der Waals surface area (Å²) in [5.74, 6) is 0.111. The van der Waals surface area contributed by atoms with Crippen LogP contribution in [0.5, 0.6) is 0 Å². The number of hydrogen-bond donors (Lipinski definition) is 1. The van der Waals surface area contributed by atoms with Crippen molar-refractivity contribution in [1.82, 2.24) is 4.98 Å². The van der Waals surface area contributed by atoms with Gasteiger partial charge in [-0.25, -0.2) is 4.98 Å². The van der Waals surface area contributed by atoms with Crippen molar-refractivity contribution in [3.05, 3.63) is 29.1 Å². The van der Waals surface area contributed by atoms with Crippen LogP contribution >= 0.6 is 11.3 Å². The van der Waals surface area contributed by atoms with E-state index in [1.165, 1.54) is 16.9 Å². The van der Waals surface area contributed by atoms with Crippen LogP contribution < -0.4 is 10.2 Å². The maximum atomic E-state index is 12.2. The molecule has 1 aromatic carbocycles. The molecule has 6 heteroatoms. The lowest BCUT2D eigenvalue weighted by Gasteiger charge is -2.22. The Morgan fingerprint density at radius 3 is 2.73 bits per heavy atom. The molecule has 0 fully saturated rings. The number of rotatable bonds is 3. The molecule has 1 aliphatic rings. The van der Waals surface area contributed by atoms with Gasteiger partial charge in [0.25, 0.3) is 0 Å². The van der Waals surface area contributed by atoms with E-state index in [9.17, 15) is 9.59 Å². The van der Waals surface area contributed by atoms with Gasteiger partial charge in [0.15, 0.2) is 5.13 Å². The van der Waals surface area contributed by atoms with Gasteiger partial charge in [-0.2, -0.15) is 0 Å². The molecule has 0 radical (unpaired) electrons. The van der Waals surface area contributed by atoms with Crippen molar-refractivity contribution in [2.24, 2.45) is 5.41 Å². The van der Waals surface area contributed by atoms with Gasteiger partial charge >= 0.3 is 0 Å². The third kappa shape index (κ3) is 3.51. The van der Waals surface area contributed by atoms with Gasteiger partial charge in [-0.05, 0) is 31.0 Å². The fraction of sp³-hybridized carbons (Fsp3) is 0.450. The molecule has 5 nitrogen and oxygen atoms in total. The first-order chi connectivity index (χ1) is 12.2. The number of amides is 2. The quantitative estimate of drug-likeness (QED) is 0.865. The van der Waals surface area contributed by atoms with E-state index in [1.54, 1.807) is 0 Å². The van der Waals surface area contributed by atoms with Crippen LogP contribution in [0.3, 0.4) is 0 Å². The van der Waals surface area contributed by atoms with E-state index in [2.05, 4.69) is 23.3 Å². The molecule has 3 rings (SSSR count). The molecule has 138 valence electrons. The van der Waals surface area contributed by atoms with E-state index in [0.29, 0.717) is 11.6 Å². The fourth-order valence-corrected chi connectivity index (χ4v) is 3.80. The minimum atomic E-state index is -0.454. The van der Waals surface area contributed by atoms with Crippen molar-refractivity contribution in [2.75, 3.05) is 10.2 Å². The lowest BCUT2D eigenvalue weighted by Crippen LogP contribution is -2.35. The first-order valence-corrected chi connectivity index (χ1v) is 9.81. The Morgan fingerprint density at radius 2 is 2.08 bits per heavy atom. The van der Waals surface area contributed by atoms with Crippen LogP contribution in [-0.4, -0.2) is 22.8 Å².